The van der Waals surface area contributed by atoms with E-state index in [0.717, 1.165) is 50.5 Å². The summed E-state index contributed by atoms with van der Waals surface area (Å²) in [6, 6.07) is 8.12. The van der Waals surface area contributed by atoms with E-state index in [1.807, 2.05) is 37.1 Å². The van der Waals surface area contributed by atoms with Crippen molar-refractivity contribution in [2.75, 3.05) is 38.1 Å². The Labute approximate surface area is 162 Å². The standard InChI is InChI=1S/C18H28N4O.HI/c1-4-6-12-21(3)18(19-5-2)20-14-17(23)22-13-11-15-9-7-8-10-16(15)22;/h7-10H,4-6,11-14H2,1-3H3,(H,19,20);1H. The summed E-state index contributed by atoms with van der Waals surface area (Å²) in [7, 11) is 2.02. The fourth-order valence-electron chi connectivity index (χ4n) is 2.80. The highest BCUT2D eigenvalue weighted by Gasteiger charge is 2.23. The molecule has 0 saturated heterocycles. The maximum atomic E-state index is 12.5. The number of carbonyl (C=O) groups is 1. The molecule has 0 spiro atoms. The number of amides is 1. The van der Waals surface area contributed by atoms with Gasteiger partial charge in [0.15, 0.2) is 5.96 Å². The molecule has 0 aromatic heterocycles. The molecular weight excluding hydrogens is 415 g/mol. The second kappa shape index (κ2) is 10.5. The topological polar surface area (TPSA) is 47.9 Å². The van der Waals surface area contributed by atoms with E-state index in [2.05, 4.69) is 28.2 Å². The van der Waals surface area contributed by atoms with Crippen LogP contribution < -0.4 is 10.2 Å². The summed E-state index contributed by atoms with van der Waals surface area (Å²) in [6.45, 7) is 6.91. The van der Waals surface area contributed by atoms with Gasteiger partial charge in [-0.15, -0.1) is 24.0 Å². The van der Waals surface area contributed by atoms with Crippen molar-refractivity contribution in [1.82, 2.24) is 10.2 Å². The maximum Gasteiger partial charge on any atom is 0.248 e. The molecule has 0 aliphatic carbocycles. The summed E-state index contributed by atoms with van der Waals surface area (Å²) in [5, 5.41) is 3.26. The van der Waals surface area contributed by atoms with Gasteiger partial charge in [-0.1, -0.05) is 31.5 Å². The van der Waals surface area contributed by atoms with Crippen molar-refractivity contribution in [1.29, 1.82) is 0 Å². The molecule has 1 heterocycles. The van der Waals surface area contributed by atoms with Gasteiger partial charge in [0.05, 0.1) is 0 Å². The zero-order valence-electron chi connectivity index (χ0n) is 14.9. The molecule has 1 aliphatic rings. The van der Waals surface area contributed by atoms with E-state index in [-0.39, 0.29) is 36.4 Å². The number of nitrogens with one attached hydrogen (secondary N) is 1. The Morgan fingerprint density at radius 2 is 2.08 bits per heavy atom. The van der Waals surface area contributed by atoms with E-state index in [4.69, 9.17) is 0 Å². The van der Waals surface area contributed by atoms with Crippen molar-refractivity contribution >= 4 is 41.5 Å². The predicted molar refractivity (Wildman–Crippen MR) is 111 cm³/mol. The lowest BCUT2D eigenvalue weighted by Crippen LogP contribution is -2.40. The summed E-state index contributed by atoms with van der Waals surface area (Å²) >= 11 is 0. The number of carbonyl (C=O) groups excluding carboxylic acids is 1. The van der Waals surface area contributed by atoms with Gasteiger partial charge in [-0.05, 0) is 31.4 Å². The molecule has 1 aromatic rings. The number of fused-ring (bicyclic) bond motifs is 1. The summed E-state index contributed by atoms with van der Waals surface area (Å²) < 4.78 is 0. The molecule has 24 heavy (non-hydrogen) atoms. The third-order valence-electron chi connectivity index (χ3n) is 4.10. The molecular formula is C18H29IN4O. The first-order chi connectivity index (χ1) is 11.2. The molecule has 0 radical (unpaired) electrons. The SMILES string of the molecule is CCCCN(C)C(=NCC(=O)N1CCc2ccccc21)NCC.I. The first-order valence-corrected chi connectivity index (χ1v) is 8.55. The number of aliphatic imine (C=N–C) groups is 1. The number of hydrogen-bond acceptors (Lipinski definition) is 2. The van der Waals surface area contributed by atoms with Gasteiger partial charge in [0.1, 0.15) is 6.54 Å². The van der Waals surface area contributed by atoms with Gasteiger partial charge in [-0.2, -0.15) is 0 Å². The number of rotatable bonds is 6. The van der Waals surface area contributed by atoms with Crippen LogP contribution in [0.2, 0.25) is 0 Å². The van der Waals surface area contributed by atoms with E-state index in [1.165, 1.54) is 5.56 Å². The minimum atomic E-state index is 0. The molecule has 0 atom stereocenters. The lowest BCUT2D eigenvalue weighted by atomic mass is 10.2. The second-order valence-electron chi connectivity index (χ2n) is 5.87. The van der Waals surface area contributed by atoms with Crippen molar-refractivity contribution in [3.05, 3.63) is 29.8 Å². The van der Waals surface area contributed by atoms with Crippen LogP contribution >= 0.6 is 24.0 Å². The highest BCUT2D eigenvalue weighted by molar-refractivity contribution is 14.0. The van der Waals surface area contributed by atoms with Gasteiger partial charge in [-0.25, -0.2) is 4.99 Å². The Balaban J connectivity index is 0.00000288. The Morgan fingerprint density at radius 3 is 2.79 bits per heavy atom. The number of para-hydroxylation sites is 1. The molecule has 5 nitrogen and oxygen atoms in total. The van der Waals surface area contributed by atoms with Crippen LogP contribution in [-0.2, 0) is 11.2 Å². The third kappa shape index (κ3) is 5.36. The number of unbranched alkanes of at least 4 members (excludes halogenated alkanes) is 1. The average Bonchev–Trinajstić information content (AvgIpc) is 3.00. The highest BCUT2D eigenvalue weighted by Crippen LogP contribution is 2.27. The number of halogens is 1. The maximum absolute atomic E-state index is 12.5. The smallest absolute Gasteiger partial charge is 0.248 e. The number of benzene rings is 1. The Morgan fingerprint density at radius 1 is 1.33 bits per heavy atom. The molecule has 1 aliphatic heterocycles. The van der Waals surface area contributed by atoms with E-state index in [9.17, 15) is 4.79 Å². The van der Waals surface area contributed by atoms with Gasteiger partial charge in [0.2, 0.25) is 5.91 Å². The van der Waals surface area contributed by atoms with Crippen LogP contribution in [0.4, 0.5) is 5.69 Å². The monoisotopic (exact) mass is 444 g/mol. The zero-order valence-corrected chi connectivity index (χ0v) is 17.2. The minimum absolute atomic E-state index is 0. The summed E-state index contributed by atoms with van der Waals surface area (Å²) in [4.78, 5) is 21.0. The van der Waals surface area contributed by atoms with Crippen LogP contribution in [0.25, 0.3) is 0 Å². The Bertz CT molecular complexity index is 562. The molecule has 1 N–H and O–H groups in total. The molecule has 0 fully saturated rings. The normalized spacial score (nSPS) is 13.3. The zero-order chi connectivity index (χ0) is 16.7. The second-order valence-corrected chi connectivity index (χ2v) is 5.87. The summed E-state index contributed by atoms with van der Waals surface area (Å²) in [6.07, 6.45) is 3.20. The lowest BCUT2D eigenvalue weighted by Gasteiger charge is -2.22. The molecule has 6 heteroatoms. The molecule has 1 amide bonds. The highest BCUT2D eigenvalue weighted by atomic mass is 127. The molecule has 1 aromatic carbocycles. The first-order valence-electron chi connectivity index (χ1n) is 8.55. The van der Waals surface area contributed by atoms with Crippen molar-refractivity contribution in [3.63, 3.8) is 0 Å². The average molecular weight is 444 g/mol. The van der Waals surface area contributed by atoms with Crippen LogP contribution in [0, 0.1) is 0 Å². The number of hydrogen-bond donors (Lipinski definition) is 1. The van der Waals surface area contributed by atoms with E-state index in [0.29, 0.717) is 0 Å². The van der Waals surface area contributed by atoms with Crippen molar-refractivity contribution in [2.45, 2.75) is 33.1 Å². The van der Waals surface area contributed by atoms with Crippen LogP contribution in [-0.4, -0.2) is 50.0 Å². The number of nitrogens with zero attached hydrogens (tertiary/aromatic N) is 3. The van der Waals surface area contributed by atoms with Crippen molar-refractivity contribution in [3.8, 4) is 0 Å². The molecule has 2 rings (SSSR count). The van der Waals surface area contributed by atoms with Crippen molar-refractivity contribution in [2.24, 2.45) is 4.99 Å². The number of guanidine groups is 1. The van der Waals surface area contributed by atoms with Gasteiger partial charge < -0.3 is 15.1 Å². The molecule has 0 unspecified atom stereocenters. The lowest BCUT2D eigenvalue weighted by molar-refractivity contribution is -0.117. The summed E-state index contributed by atoms with van der Waals surface area (Å²) in [5.41, 5.74) is 2.29. The van der Waals surface area contributed by atoms with Crippen LogP contribution in [0.5, 0.6) is 0 Å². The first kappa shape index (κ1) is 20.7. The van der Waals surface area contributed by atoms with E-state index in [1.54, 1.807) is 0 Å². The molecule has 0 bridgehead atoms. The van der Waals surface area contributed by atoms with Crippen LogP contribution in [0.15, 0.2) is 29.3 Å². The van der Waals surface area contributed by atoms with E-state index >= 15 is 0 Å². The predicted octanol–water partition coefficient (Wildman–Crippen LogP) is 2.89. The Hall–Kier alpha value is -1.31. The quantitative estimate of drug-likeness (QED) is 0.417. The van der Waals surface area contributed by atoms with Gasteiger partial charge in [0, 0.05) is 32.4 Å². The minimum Gasteiger partial charge on any atom is -0.357 e. The fourth-order valence-corrected chi connectivity index (χ4v) is 2.80. The largest absolute Gasteiger partial charge is 0.357 e. The Kier molecular flexibility index (Phi) is 9.10. The fraction of sp³-hybridized carbons (Fsp3) is 0.556. The van der Waals surface area contributed by atoms with Gasteiger partial charge in [0.25, 0.3) is 0 Å². The molecule has 134 valence electrons. The summed E-state index contributed by atoms with van der Waals surface area (Å²) in [5.74, 6) is 0.871. The number of anilines is 1. The van der Waals surface area contributed by atoms with Crippen LogP contribution in [0.1, 0.15) is 32.3 Å². The van der Waals surface area contributed by atoms with Crippen molar-refractivity contribution < 1.29 is 4.79 Å². The van der Waals surface area contributed by atoms with Gasteiger partial charge >= 0.3 is 0 Å². The third-order valence-corrected chi connectivity index (χ3v) is 4.10. The van der Waals surface area contributed by atoms with E-state index < -0.39 is 0 Å². The van der Waals surface area contributed by atoms with Crippen LogP contribution in [0.3, 0.4) is 0 Å². The molecule has 0 saturated carbocycles. The van der Waals surface area contributed by atoms with Gasteiger partial charge in [-0.3, -0.25) is 4.79 Å².